The van der Waals surface area contributed by atoms with Crippen molar-refractivity contribution in [3.8, 4) is 5.75 Å². The Balaban J connectivity index is 1.01. The van der Waals surface area contributed by atoms with Crippen LogP contribution in [0.25, 0.3) is 0 Å². The number of benzene rings is 1. The largest absolute Gasteiger partial charge is 0.508 e. The Bertz CT molecular complexity index is 1610. The van der Waals surface area contributed by atoms with E-state index in [9.17, 15) is 24.3 Å². The summed E-state index contributed by atoms with van der Waals surface area (Å²) < 4.78 is 0. The van der Waals surface area contributed by atoms with E-state index in [1.807, 2.05) is 0 Å². The first-order valence-electron chi connectivity index (χ1n) is 25.9. The maximum Gasteiger partial charge on any atom is 0.243 e. The molecule has 354 valence electrons. The first-order valence-corrected chi connectivity index (χ1v) is 25.9. The second kappa shape index (κ2) is 25.4. The summed E-state index contributed by atoms with van der Waals surface area (Å²) in [6.45, 7) is 9.64. The van der Waals surface area contributed by atoms with E-state index >= 15 is 0 Å². The van der Waals surface area contributed by atoms with E-state index in [0.29, 0.717) is 42.1 Å². The average Bonchev–Trinajstić information content (AvgIpc) is 3.63. The zero-order chi connectivity index (χ0) is 45.2. The van der Waals surface area contributed by atoms with Gasteiger partial charge in [0.15, 0.2) is 0 Å². The molecule has 0 saturated heterocycles. The maximum absolute atomic E-state index is 13.4. The number of likely N-dealkylation sites (N-methyl/N-ethyl adjacent to an activating group) is 1. The molecule has 8 unspecified atom stereocenters. The van der Waals surface area contributed by atoms with E-state index in [1.165, 1.54) is 123 Å². The molecular formula is C54H88N4O5. The number of hydrogen-bond donors (Lipinski definition) is 5. The first kappa shape index (κ1) is 50.6. The standard InChI is InChI=1S/C54H88N4O5/c1-6-7-8-9-10-11-12-13-14-15-16-17-18-19-20-21-49(60)57-42-32-34-53(3)41(37-42)25-28-44-46-30-29-45(54(46,4)35-33-47(44)53)39(2)22-31-50(61)58-48(52(63)56-38-51(62)55-5)36-40-23-26-43(59)27-24-40/h13-14,23-24,26-27,39,41-42,44-48,59H,6-12,15-22,25,28-38H2,1-5H3,(H,55,62)(H,56,63)(H,57,60)(H,58,61)/t39-,41?,42?,44?,45?,46?,47?,48-,53?,54?/m0/s1. The summed E-state index contributed by atoms with van der Waals surface area (Å²) in [7, 11) is 1.52. The molecule has 4 aliphatic carbocycles. The van der Waals surface area contributed by atoms with Crippen LogP contribution in [0.5, 0.6) is 5.75 Å². The van der Waals surface area contributed by atoms with Gasteiger partial charge in [-0.25, -0.2) is 0 Å². The highest BCUT2D eigenvalue weighted by Gasteiger charge is 2.60. The summed E-state index contributed by atoms with van der Waals surface area (Å²) >= 11 is 0. The Morgan fingerprint density at radius 2 is 1.40 bits per heavy atom. The maximum atomic E-state index is 13.4. The molecule has 5 rings (SSSR count). The van der Waals surface area contributed by atoms with E-state index in [0.717, 1.165) is 55.4 Å². The van der Waals surface area contributed by atoms with Crippen molar-refractivity contribution in [1.29, 1.82) is 0 Å². The van der Waals surface area contributed by atoms with Crippen LogP contribution in [0.15, 0.2) is 36.4 Å². The molecule has 9 nitrogen and oxygen atoms in total. The highest BCUT2D eigenvalue weighted by molar-refractivity contribution is 5.90. The van der Waals surface area contributed by atoms with Gasteiger partial charge in [-0.3, -0.25) is 19.2 Å². The summed E-state index contributed by atoms with van der Waals surface area (Å²) in [5.41, 5.74) is 1.46. The minimum atomic E-state index is -0.824. The predicted molar refractivity (Wildman–Crippen MR) is 256 cm³/mol. The van der Waals surface area contributed by atoms with Gasteiger partial charge in [0.05, 0.1) is 6.54 Å². The number of hydrogen-bond acceptors (Lipinski definition) is 5. The van der Waals surface area contributed by atoms with Gasteiger partial charge in [-0.2, -0.15) is 0 Å². The van der Waals surface area contributed by atoms with Crippen molar-refractivity contribution in [2.45, 2.75) is 207 Å². The van der Waals surface area contributed by atoms with Crippen molar-refractivity contribution in [2.24, 2.45) is 46.3 Å². The van der Waals surface area contributed by atoms with Gasteiger partial charge in [0.25, 0.3) is 0 Å². The number of carbonyl (C=O) groups is 4. The number of allylic oxidation sites excluding steroid dienone is 2. The minimum Gasteiger partial charge on any atom is -0.508 e. The third kappa shape index (κ3) is 14.6. The van der Waals surface area contributed by atoms with Crippen LogP contribution >= 0.6 is 0 Å². The van der Waals surface area contributed by atoms with Gasteiger partial charge >= 0.3 is 0 Å². The molecule has 0 radical (unpaired) electrons. The summed E-state index contributed by atoms with van der Waals surface area (Å²) in [4.78, 5) is 51.5. The van der Waals surface area contributed by atoms with Crippen LogP contribution in [0.4, 0.5) is 0 Å². The Labute approximate surface area is 382 Å². The lowest BCUT2D eigenvalue weighted by Gasteiger charge is -2.61. The average molecular weight is 873 g/mol. The molecule has 0 heterocycles. The van der Waals surface area contributed by atoms with E-state index < -0.39 is 11.9 Å². The molecule has 4 fully saturated rings. The molecular weight excluding hydrogens is 785 g/mol. The number of unbranched alkanes of at least 4 members (excludes halogenated alkanes) is 11. The van der Waals surface area contributed by atoms with E-state index in [4.69, 9.17) is 0 Å². The van der Waals surface area contributed by atoms with Crippen LogP contribution in [-0.2, 0) is 25.6 Å². The summed E-state index contributed by atoms with van der Waals surface area (Å²) in [6, 6.07) is 6.14. The van der Waals surface area contributed by atoms with Crippen molar-refractivity contribution in [2.75, 3.05) is 13.6 Å². The summed E-state index contributed by atoms with van der Waals surface area (Å²) in [5.74, 6) is 3.50. The van der Waals surface area contributed by atoms with Gasteiger partial charge < -0.3 is 26.4 Å². The normalized spacial score (nSPS) is 28.6. The lowest BCUT2D eigenvalue weighted by Crippen LogP contribution is -2.55. The monoisotopic (exact) mass is 873 g/mol. The number of carbonyl (C=O) groups excluding carboxylic acids is 4. The van der Waals surface area contributed by atoms with Crippen molar-refractivity contribution < 1.29 is 24.3 Å². The van der Waals surface area contributed by atoms with Crippen molar-refractivity contribution in [1.82, 2.24) is 21.3 Å². The SMILES string of the molecule is CCCCCCCCC=CCCCCCCCC(=O)NC1CCC2(C)C(CCC3C2CCC2(C)C3CCC2[C@@H](C)CCC(=O)N[C@@H](Cc2ccc(O)cc2)C(=O)NCC(=O)NC)C1. The highest BCUT2D eigenvalue weighted by Crippen LogP contribution is 2.68. The van der Waals surface area contributed by atoms with Crippen LogP contribution in [0.1, 0.15) is 194 Å². The van der Waals surface area contributed by atoms with Crippen LogP contribution in [0.3, 0.4) is 0 Å². The summed E-state index contributed by atoms with van der Waals surface area (Å²) in [5, 5.41) is 21.4. The number of aromatic hydroxyl groups is 1. The van der Waals surface area contributed by atoms with Crippen molar-refractivity contribution in [3.05, 3.63) is 42.0 Å². The van der Waals surface area contributed by atoms with Gasteiger partial charge in [0.1, 0.15) is 11.8 Å². The third-order valence-electron chi connectivity index (χ3n) is 17.0. The van der Waals surface area contributed by atoms with E-state index in [2.05, 4.69) is 61.1 Å². The van der Waals surface area contributed by atoms with Gasteiger partial charge in [0, 0.05) is 32.4 Å². The molecule has 5 N–H and O–H groups in total. The van der Waals surface area contributed by atoms with E-state index in [1.54, 1.807) is 24.3 Å². The molecule has 4 saturated carbocycles. The third-order valence-corrected chi connectivity index (χ3v) is 17.0. The molecule has 9 heteroatoms. The van der Waals surface area contributed by atoms with Gasteiger partial charge in [-0.1, -0.05) is 103 Å². The lowest BCUT2D eigenvalue weighted by atomic mass is 9.44. The molecule has 1 aromatic carbocycles. The molecule has 0 aromatic heterocycles. The predicted octanol–water partition coefficient (Wildman–Crippen LogP) is 10.9. The first-order chi connectivity index (χ1) is 30.4. The molecule has 0 aliphatic heterocycles. The number of phenols is 1. The molecule has 1 aromatic rings. The van der Waals surface area contributed by atoms with Crippen molar-refractivity contribution in [3.63, 3.8) is 0 Å². The topological polar surface area (TPSA) is 137 Å². The van der Waals surface area contributed by atoms with Gasteiger partial charge in [-0.15, -0.1) is 0 Å². The molecule has 4 aliphatic rings. The fourth-order valence-electron chi connectivity index (χ4n) is 13.3. The van der Waals surface area contributed by atoms with Gasteiger partial charge in [-0.05, 0) is 160 Å². The second-order valence-electron chi connectivity index (χ2n) is 21.2. The molecule has 0 bridgehead atoms. The molecule has 63 heavy (non-hydrogen) atoms. The molecule has 0 spiro atoms. The molecule has 4 amide bonds. The molecule has 10 atom stereocenters. The highest BCUT2D eigenvalue weighted by atomic mass is 16.3. The number of rotatable bonds is 26. The van der Waals surface area contributed by atoms with Gasteiger partial charge in [0.2, 0.25) is 23.6 Å². The zero-order valence-corrected chi connectivity index (χ0v) is 40.3. The zero-order valence-electron chi connectivity index (χ0n) is 40.3. The van der Waals surface area contributed by atoms with Crippen LogP contribution in [0, 0.1) is 46.3 Å². The minimum absolute atomic E-state index is 0.138. The second-order valence-corrected chi connectivity index (χ2v) is 21.2. The summed E-state index contributed by atoms with van der Waals surface area (Å²) in [6.07, 6.45) is 34.6. The smallest absolute Gasteiger partial charge is 0.243 e. The number of phenolic OH excluding ortho intramolecular Hbond substituents is 1. The number of fused-ring (bicyclic) bond motifs is 5. The van der Waals surface area contributed by atoms with Crippen LogP contribution in [-0.4, -0.2) is 54.4 Å². The van der Waals surface area contributed by atoms with E-state index in [-0.39, 0.29) is 41.9 Å². The lowest BCUT2D eigenvalue weighted by molar-refractivity contribution is -0.130. The van der Waals surface area contributed by atoms with Crippen molar-refractivity contribution >= 4 is 23.6 Å². The van der Waals surface area contributed by atoms with Crippen LogP contribution < -0.4 is 21.3 Å². The Morgan fingerprint density at radius 3 is 2.10 bits per heavy atom. The fourth-order valence-corrected chi connectivity index (χ4v) is 13.3. The Morgan fingerprint density at radius 1 is 0.746 bits per heavy atom. The fraction of sp³-hybridized carbons (Fsp3) is 0.778. The number of nitrogens with one attached hydrogen (secondary N) is 4. The van der Waals surface area contributed by atoms with Crippen LogP contribution in [0.2, 0.25) is 0 Å². The Kier molecular flexibility index (Phi) is 20.4. The number of amides is 4. The quantitative estimate of drug-likeness (QED) is 0.0466. The Hall–Kier alpha value is -3.36.